The van der Waals surface area contributed by atoms with Crippen molar-refractivity contribution >= 4 is 23.2 Å². The van der Waals surface area contributed by atoms with E-state index in [1.54, 1.807) is 24.3 Å². The maximum Gasteiger partial charge on any atom is 0.274 e. The molecule has 0 atom stereocenters. The van der Waals surface area contributed by atoms with Crippen LogP contribution in [0, 0.1) is 13.8 Å². The molecule has 0 radical (unpaired) electrons. The number of nitrogens with zero attached hydrogens (tertiary/aromatic N) is 2. The average molecular weight is 262 g/mol. The Kier molecular flexibility index (Phi) is 3.58. The minimum atomic E-state index is -0.250. The van der Waals surface area contributed by atoms with E-state index in [2.05, 4.69) is 15.3 Å². The molecule has 1 aromatic heterocycles. The number of carbonyl (C=O) groups is 1. The predicted octanol–water partition coefficient (Wildman–Crippen LogP) is 3.00. The van der Waals surface area contributed by atoms with Gasteiger partial charge in [0.1, 0.15) is 12.0 Å². The fourth-order valence-corrected chi connectivity index (χ4v) is 1.62. The number of hydrogen-bond acceptors (Lipinski definition) is 3. The van der Waals surface area contributed by atoms with Crippen LogP contribution < -0.4 is 5.32 Å². The van der Waals surface area contributed by atoms with E-state index in [0.717, 1.165) is 11.3 Å². The van der Waals surface area contributed by atoms with Gasteiger partial charge in [-0.2, -0.15) is 0 Å². The zero-order chi connectivity index (χ0) is 13.1. The van der Waals surface area contributed by atoms with Gasteiger partial charge in [0, 0.05) is 22.0 Å². The molecule has 2 rings (SSSR count). The number of aryl methyl sites for hydroxylation is 1. The normalized spacial score (nSPS) is 10.2. The van der Waals surface area contributed by atoms with Gasteiger partial charge >= 0.3 is 0 Å². The van der Waals surface area contributed by atoms with Gasteiger partial charge < -0.3 is 5.32 Å². The smallest absolute Gasteiger partial charge is 0.274 e. The number of anilines is 1. The van der Waals surface area contributed by atoms with E-state index in [-0.39, 0.29) is 5.91 Å². The third kappa shape index (κ3) is 2.65. The lowest BCUT2D eigenvalue weighted by Crippen LogP contribution is -2.16. The van der Waals surface area contributed by atoms with Crippen LogP contribution in [-0.2, 0) is 0 Å². The molecule has 0 saturated heterocycles. The second-order valence-electron chi connectivity index (χ2n) is 3.89. The Morgan fingerprint density at radius 1 is 1.17 bits per heavy atom. The zero-order valence-corrected chi connectivity index (χ0v) is 10.8. The summed E-state index contributed by atoms with van der Waals surface area (Å²) in [6.07, 6.45) is 1.39. The topological polar surface area (TPSA) is 54.9 Å². The lowest BCUT2D eigenvalue weighted by Gasteiger charge is -2.07. The molecule has 0 unspecified atom stereocenters. The van der Waals surface area contributed by atoms with Gasteiger partial charge in [0.15, 0.2) is 0 Å². The number of benzene rings is 1. The third-order valence-corrected chi connectivity index (χ3v) is 2.91. The van der Waals surface area contributed by atoms with Crippen LogP contribution in [0.15, 0.2) is 30.6 Å². The minimum Gasteiger partial charge on any atom is -0.321 e. The molecule has 1 N–H and O–H groups in total. The first-order valence-corrected chi connectivity index (χ1v) is 5.81. The van der Waals surface area contributed by atoms with Crippen LogP contribution in [0.2, 0.25) is 5.02 Å². The number of rotatable bonds is 2. The number of carbonyl (C=O) groups excluding carboxylic acids is 1. The second-order valence-corrected chi connectivity index (χ2v) is 4.33. The zero-order valence-electron chi connectivity index (χ0n) is 10.1. The van der Waals surface area contributed by atoms with E-state index in [1.807, 2.05) is 13.8 Å². The highest BCUT2D eigenvalue weighted by Crippen LogP contribution is 2.15. The van der Waals surface area contributed by atoms with Crippen LogP contribution in [0.25, 0.3) is 0 Å². The van der Waals surface area contributed by atoms with E-state index in [4.69, 9.17) is 11.6 Å². The number of aromatic nitrogens is 2. The molecular weight excluding hydrogens is 250 g/mol. The van der Waals surface area contributed by atoms with Gasteiger partial charge in [0.25, 0.3) is 5.91 Å². The largest absolute Gasteiger partial charge is 0.321 e. The van der Waals surface area contributed by atoms with E-state index in [9.17, 15) is 4.79 Å². The Bertz CT molecular complexity index is 581. The Morgan fingerprint density at radius 2 is 1.83 bits per heavy atom. The monoisotopic (exact) mass is 261 g/mol. The molecular formula is C13H12ClN3O. The van der Waals surface area contributed by atoms with Crippen molar-refractivity contribution in [3.8, 4) is 0 Å². The average Bonchev–Trinajstić information content (AvgIpc) is 2.35. The fourth-order valence-electron chi connectivity index (χ4n) is 1.49. The van der Waals surface area contributed by atoms with Crippen LogP contribution in [0.3, 0.4) is 0 Å². The van der Waals surface area contributed by atoms with Crippen molar-refractivity contribution in [3.05, 3.63) is 52.6 Å². The van der Waals surface area contributed by atoms with Gasteiger partial charge in [-0.25, -0.2) is 9.97 Å². The van der Waals surface area contributed by atoms with Crippen molar-refractivity contribution in [1.82, 2.24) is 9.97 Å². The Balaban J connectivity index is 2.22. The van der Waals surface area contributed by atoms with Gasteiger partial charge in [-0.05, 0) is 38.1 Å². The molecule has 1 heterocycles. The lowest BCUT2D eigenvalue weighted by atomic mass is 10.2. The van der Waals surface area contributed by atoms with Crippen molar-refractivity contribution < 1.29 is 4.79 Å². The van der Waals surface area contributed by atoms with Crippen LogP contribution in [0.1, 0.15) is 21.7 Å². The maximum atomic E-state index is 12.0. The van der Waals surface area contributed by atoms with Crippen molar-refractivity contribution in [2.24, 2.45) is 0 Å². The molecule has 1 amide bonds. The summed E-state index contributed by atoms with van der Waals surface area (Å²) in [5, 5.41) is 3.39. The van der Waals surface area contributed by atoms with Gasteiger partial charge in [0.2, 0.25) is 0 Å². The SMILES string of the molecule is Cc1ncnc(C(=O)Nc2ccc(Cl)cc2)c1C. The Hall–Kier alpha value is -1.94. The molecule has 0 aliphatic carbocycles. The third-order valence-electron chi connectivity index (χ3n) is 2.65. The number of halogens is 1. The summed E-state index contributed by atoms with van der Waals surface area (Å²) < 4.78 is 0. The molecule has 1 aromatic carbocycles. The van der Waals surface area contributed by atoms with Crippen LogP contribution >= 0.6 is 11.6 Å². The summed E-state index contributed by atoms with van der Waals surface area (Å²) in [5.41, 5.74) is 2.65. The Labute approximate surface area is 110 Å². The minimum absolute atomic E-state index is 0.250. The van der Waals surface area contributed by atoms with E-state index >= 15 is 0 Å². The maximum absolute atomic E-state index is 12.0. The van der Waals surface area contributed by atoms with Gasteiger partial charge in [-0.1, -0.05) is 11.6 Å². The molecule has 4 nitrogen and oxygen atoms in total. The summed E-state index contributed by atoms with van der Waals surface area (Å²) in [7, 11) is 0. The number of amides is 1. The van der Waals surface area contributed by atoms with Crippen molar-refractivity contribution in [1.29, 1.82) is 0 Å². The standard InChI is InChI=1S/C13H12ClN3O/c1-8-9(2)15-7-16-12(8)13(18)17-11-5-3-10(14)4-6-11/h3-7H,1-2H3,(H,17,18). The van der Waals surface area contributed by atoms with E-state index < -0.39 is 0 Å². The van der Waals surface area contributed by atoms with Crippen molar-refractivity contribution in [2.45, 2.75) is 13.8 Å². The van der Waals surface area contributed by atoms with Crippen LogP contribution in [0.4, 0.5) is 5.69 Å². The number of hydrogen-bond donors (Lipinski definition) is 1. The molecule has 0 bridgehead atoms. The molecule has 5 heteroatoms. The number of nitrogens with one attached hydrogen (secondary N) is 1. The quantitative estimate of drug-likeness (QED) is 0.904. The summed E-state index contributed by atoms with van der Waals surface area (Å²) in [6.45, 7) is 3.67. The second kappa shape index (κ2) is 5.14. The fraction of sp³-hybridized carbons (Fsp3) is 0.154. The first kappa shape index (κ1) is 12.5. The molecule has 0 aliphatic heterocycles. The molecule has 0 spiro atoms. The summed E-state index contributed by atoms with van der Waals surface area (Å²) >= 11 is 5.78. The van der Waals surface area contributed by atoms with Crippen LogP contribution in [-0.4, -0.2) is 15.9 Å². The van der Waals surface area contributed by atoms with Gasteiger partial charge in [0.05, 0.1) is 0 Å². The molecule has 0 aliphatic rings. The molecule has 92 valence electrons. The van der Waals surface area contributed by atoms with Gasteiger partial charge in [-0.3, -0.25) is 4.79 Å². The van der Waals surface area contributed by atoms with E-state index in [0.29, 0.717) is 16.4 Å². The molecule has 0 fully saturated rings. The summed E-state index contributed by atoms with van der Waals surface area (Å²) in [5.74, 6) is -0.250. The van der Waals surface area contributed by atoms with Crippen molar-refractivity contribution in [2.75, 3.05) is 5.32 Å². The molecule has 0 saturated carbocycles. The van der Waals surface area contributed by atoms with E-state index in [1.165, 1.54) is 6.33 Å². The van der Waals surface area contributed by atoms with Crippen LogP contribution in [0.5, 0.6) is 0 Å². The van der Waals surface area contributed by atoms with Gasteiger partial charge in [-0.15, -0.1) is 0 Å². The highest BCUT2D eigenvalue weighted by Gasteiger charge is 2.12. The summed E-state index contributed by atoms with van der Waals surface area (Å²) in [6, 6.07) is 6.91. The first-order chi connectivity index (χ1) is 8.58. The van der Waals surface area contributed by atoms with Crippen molar-refractivity contribution in [3.63, 3.8) is 0 Å². The Morgan fingerprint density at radius 3 is 2.50 bits per heavy atom. The summed E-state index contributed by atoms with van der Waals surface area (Å²) in [4.78, 5) is 20.1. The molecule has 18 heavy (non-hydrogen) atoms. The molecule has 2 aromatic rings. The lowest BCUT2D eigenvalue weighted by molar-refractivity contribution is 0.102. The highest BCUT2D eigenvalue weighted by atomic mass is 35.5. The highest BCUT2D eigenvalue weighted by molar-refractivity contribution is 6.30. The predicted molar refractivity (Wildman–Crippen MR) is 70.9 cm³/mol. The first-order valence-electron chi connectivity index (χ1n) is 5.43.